The fraction of sp³-hybridized carbons (Fsp3) is 0.882. The van der Waals surface area contributed by atoms with E-state index < -0.39 is 0 Å². The summed E-state index contributed by atoms with van der Waals surface area (Å²) in [6, 6.07) is 0.739. The van der Waals surface area contributed by atoms with Crippen molar-refractivity contribution in [2.45, 2.75) is 65.1 Å². The van der Waals surface area contributed by atoms with E-state index in [1.165, 1.54) is 0 Å². The van der Waals surface area contributed by atoms with E-state index in [1.54, 1.807) is 9.80 Å². The second-order valence-corrected chi connectivity index (χ2v) is 7.16. The van der Waals surface area contributed by atoms with Crippen LogP contribution >= 0.6 is 0 Å². The zero-order chi connectivity index (χ0) is 17.7. The smallest absolute Gasteiger partial charge is 0.319 e. The molecule has 0 aromatic carbocycles. The van der Waals surface area contributed by atoms with Gasteiger partial charge in [-0.15, -0.1) is 0 Å². The molecule has 0 aliphatic carbocycles. The van der Waals surface area contributed by atoms with Crippen molar-refractivity contribution in [2.75, 3.05) is 34.2 Å². The molecule has 1 fully saturated rings. The lowest BCUT2D eigenvalue weighted by molar-refractivity contribution is 0.139. The van der Waals surface area contributed by atoms with Gasteiger partial charge in [0.15, 0.2) is 0 Å². The summed E-state index contributed by atoms with van der Waals surface area (Å²) in [5, 5.41) is 0. The summed E-state index contributed by atoms with van der Waals surface area (Å²) in [7, 11) is 5.57. The lowest BCUT2D eigenvalue weighted by Gasteiger charge is -2.33. The van der Waals surface area contributed by atoms with Crippen molar-refractivity contribution in [3.05, 3.63) is 0 Å². The topological polar surface area (TPSA) is 47.1 Å². The highest BCUT2D eigenvalue weighted by molar-refractivity contribution is 5.75. The number of nitrogens with zero attached hydrogens (tertiary/aromatic N) is 4. The lowest BCUT2D eigenvalue weighted by Crippen LogP contribution is -2.47. The number of amides is 4. The fourth-order valence-corrected chi connectivity index (χ4v) is 2.73. The maximum Gasteiger partial charge on any atom is 0.319 e. The largest absolute Gasteiger partial charge is 0.325 e. The van der Waals surface area contributed by atoms with E-state index in [1.807, 2.05) is 58.6 Å². The van der Waals surface area contributed by atoms with E-state index in [0.717, 1.165) is 25.8 Å². The number of hydrogen-bond donors (Lipinski definition) is 0. The molecule has 0 unspecified atom stereocenters. The Bertz CT molecular complexity index is 411. The highest BCUT2D eigenvalue weighted by Crippen LogP contribution is 2.18. The van der Waals surface area contributed by atoms with Crippen LogP contribution in [0, 0.1) is 0 Å². The van der Waals surface area contributed by atoms with E-state index in [2.05, 4.69) is 0 Å². The fourth-order valence-electron chi connectivity index (χ4n) is 2.73. The first-order valence-electron chi connectivity index (χ1n) is 8.68. The summed E-state index contributed by atoms with van der Waals surface area (Å²) in [6.45, 7) is 9.55. The first kappa shape index (κ1) is 19.6. The molecule has 1 aliphatic heterocycles. The van der Waals surface area contributed by atoms with E-state index in [-0.39, 0.29) is 30.2 Å². The van der Waals surface area contributed by atoms with Gasteiger partial charge in [0.2, 0.25) is 0 Å². The summed E-state index contributed by atoms with van der Waals surface area (Å²) in [6.07, 6.45) is 2.72. The molecule has 0 saturated carbocycles. The quantitative estimate of drug-likeness (QED) is 0.800. The number of carbonyl (C=O) groups excluding carboxylic acids is 2. The molecular weight excluding hydrogens is 292 g/mol. The van der Waals surface area contributed by atoms with Gasteiger partial charge < -0.3 is 19.6 Å². The number of carbonyl (C=O) groups is 2. The highest BCUT2D eigenvalue weighted by atomic mass is 16.2. The van der Waals surface area contributed by atoms with Crippen LogP contribution in [0.5, 0.6) is 0 Å². The van der Waals surface area contributed by atoms with E-state index in [0.29, 0.717) is 6.54 Å². The summed E-state index contributed by atoms with van der Waals surface area (Å²) >= 11 is 0. The molecule has 0 bridgehead atoms. The second kappa shape index (κ2) is 8.41. The molecule has 4 amide bonds. The zero-order valence-electron chi connectivity index (χ0n) is 15.9. The maximum atomic E-state index is 12.5. The van der Waals surface area contributed by atoms with Gasteiger partial charge in [-0.1, -0.05) is 0 Å². The molecule has 0 N–H and O–H groups in total. The molecule has 1 aliphatic rings. The average Bonchev–Trinajstić information content (AvgIpc) is 2.76. The van der Waals surface area contributed by atoms with Crippen LogP contribution in [0.3, 0.4) is 0 Å². The molecule has 1 saturated heterocycles. The molecule has 6 nitrogen and oxygen atoms in total. The van der Waals surface area contributed by atoms with Crippen molar-refractivity contribution < 1.29 is 9.59 Å². The van der Waals surface area contributed by atoms with Gasteiger partial charge in [-0.05, 0) is 47.0 Å². The van der Waals surface area contributed by atoms with Gasteiger partial charge in [0.05, 0.1) is 0 Å². The van der Waals surface area contributed by atoms with Gasteiger partial charge in [0.1, 0.15) is 0 Å². The van der Waals surface area contributed by atoms with Crippen molar-refractivity contribution in [1.29, 1.82) is 0 Å². The van der Waals surface area contributed by atoms with Gasteiger partial charge in [-0.25, -0.2) is 9.59 Å². The summed E-state index contributed by atoms with van der Waals surface area (Å²) in [4.78, 5) is 32.2. The summed E-state index contributed by atoms with van der Waals surface area (Å²) in [5.41, 5.74) is 0. The van der Waals surface area contributed by atoms with Crippen LogP contribution in [0.25, 0.3) is 0 Å². The normalized spacial score (nSPS) is 18.8. The Kier molecular flexibility index (Phi) is 7.16. The van der Waals surface area contributed by atoms with Gasteiger partial charge >= 0.3 is 12.1 Å². The van der Waals surface area contributed by atoms with Crippen LogP contribution in [-0.2, 0) is 0 Å². The minimum absolute atomic E-state index is 0.0593. The number of rotatable bonds is 3. The van der Waals surface area contributed by atoms with Crippen molar-refractivity contribution in [2.24, 2.45) is 0 Å². The summed E-state index contributed by atoms with van der Waals surface area (Å²) in [5.74, 6) is 0. The molecule has 0 spiro atoms. The molecule has 134 valence electrons. The first-order valence-corrected chi connectivity index (χ1v) is 8.68. The van der Waals surface area contributed by atoms with Crippen molar-refractivity contribution in [3.63, 3.8) is 0 Å². The van der Waals surface area contributed by atoms with Crippen LogP contribution in [0.2, 0.25) is 0 Å². The van der Waals surface area contributed by atoms with E-state index in [9.17, 15) is 9.59 Å². The zero-order valence-corrected chi connectivity index (χ0v) is 15.9. The Morgan fingerprint density at radius 3 is 2.00 bits per heavy atom. The molecule has 0 radical (unpaired) electrons. The Balaban J connectivity index is 2.65. The SMILES string of the molecule is CC(C)N(C)C(=O)N1CCC[C@H](N(C)C(=O)N(C)C(C)C)CC1. The Morgan fingerprint density at radius 2 is 1.48 bits per heavy atom. The van der Waals surface area contributed by atoms with Crippen molar-refractivity contribution in [1.82, 2.24) is 19.6 Å². The molecule has 1 rings (SSSR count). The third-order valence-electron chi connectivity index (χ3n) is 4.97. The Morgan fingerprint density at radius 1 is 0.913 bits per heavy atom. The van der Waals surface area contributed by atoms with Gasteiger partial charge in [-0.3, -0.25) is 0 Å². The number of urea groups is 2. The van der Waals surface area contributed by atoms with Crippen LogP contribution in [0.1, 0.15) is 47.0 Å². The molecule has 6 heteroatoms. The van der Waals surface area contributed by atoms with Crippen molar-refractivity contribution in [3.8, 4) is 0 Å². The van der Waals surface area contributed by atoms with E-state index >= 15 is 0 Å². The minimum atomic E-state index is 0.0593. The molecule has 0 aromatic heterocycles. The molecule has 23 heavy (non-hydrogen) atoms. The Hall–Kier alpha value is -1.46. The van der Waals surface area contributed by atoms with Crippen LogP contribution in [0.15, 0.2) is 0 Å². The second-order valence-electron chi connectivity index (χ2n) is 7.16. The first-order chi connectivity index (χ1) is 10.7. The lowest BCUT2D eigenvalue weighted by atomic mass is 10.1. The van der Waals surface area contributed by atoms with Crippen LogP contribution in [0.4, 0.5) is 9.59 Å². The third kappa shape index (κ3) is 5.01. The molecule has 1 heterocycles. The van der Waals surface area contributed by atoms with Gasteiger partial charge in [0.25, 0.3) is 0 Å². The number of likely N-dealkylation sites (tertiary alicyclic amines) is 1. The predicted octanol–water partition coefficient (Wildman–Crippen LogP) is 2.69. The highest BCUT2D eigenvalue weighted by Gasteiger charge is 2.28. The predicted molar refractivity (Wildman–Crippen MR) is 93.6 cm³/mol. The molecule has 1 atom stereocenters. The number of hydrogen-bond acceptors (Lipinski definition) is 2. The third-order valence-corrected chi connectivity index (χ3v) is 4.97. The molecular formula is C17H34N4O2. The standard InChI is InChI=1S/C17H34N4O2/c1-13(2)18(5)16(22)20(7)15-9-8-11-21(12-10-15)17(23)19(6)14(3)4/h13-15H,8-12H2,1-7H3/t15-/m0/s1. The van der Waals surface area contributed by atoms with E-state index in [4.69, 9.17) is 0 Å². The monoisotopic (exact) mass is 326 g/mol. The summed E-state index contributed by atoms with van der Waals surface area (Å²) < 4.78 is 0. The van der Waals surface area contributed by atoms with Crippen LogP contribution < -0.4 is 0 Å². The molecule has 0 aromatic rings. The van der Waals surface area contributed by atoms with Crippen LogP contribution in [-0.4, -0.2) is 84.0 Å². The van der Waals surface area contributed by atoms with Gasteiger partial charge in [-0.2, -0.15) is 0 Å². The Labute approximate surface area is 141 Å². The average molecular weight is 326 g/mol. The van der Waals surface area contributed by atoms with Crippen molar-refractivity contribution >= 4 is 12.1 Å². The van der Waals surface area contributed by atoms with Gasteiger partial charge in [0, 0.05) is 52.4 Å². The minimum Gasteiger partial charge on any atom is -0.325 e. The maximum absolute atomic E-state index is 12.5.